The number of carbonyl (C=O) groups excluding carboxylic acids is 2. The SMILES string of the molecule is O=C(CNC(=O)c1c[nH]c2ccccc2c1=O)NCCc1ccc(F)cc1. The van der Waals surface area contributed by atoms with E-state index in [9.17, 15) is 18.8 Å². The molecular weight excluding hydrogens is 349 g/mol. The zero-order valence-corrected chi connectivity index (χ0v) is 14.4. The Bertz CT molecular complexity index is 1030. The fraction of sp³-hybridized carbons (Fsp3) is 0.150. The number of rotatable bonds is 6. The number of halogens is 1. The van der Waals surface area contributed by atoms with Crippen LogP contribution >= 0.6 is 0 Å². The fourth-order valence-corrected chi connectivity index (χ4v) is 2.65. The number of hydrogen-bond donors (Lipinski definition) is 3. The number of aromatic amines is 1. The van der Waals surface area contributed by atoms with Crippen molar-refractivity contribution in [2.75, 3.05) is 13.1 Å². The van der Waals surface area contributed by atoms with E-state index < -0.39 is 11.3 Å². The quantitative estimate of drug-likeness (QED) is 0.620. The zero-order chi connectivity index (χ0) is 19.2. The molecule has 0 atom stereocenters. The number of benzene rings is 2. The van der Waals surface area contributed by atoms with E-state index in [0.717, 1.165) is 5.56 Å². The molecule has 1 aromatic heterocycles. The van der Waals surface area contributed by atoms with Crippen LogP contribution in [-0.4, -0.2) is 29.9 Å². The van der Waals surface area contributed by atoms with Gasteiger partial charge in [0, 0.05) is 23.6 Å². The molecule has 0 saturated carbocycles. The highest BCUT2D eigenvalue weighted by atomic mass is 19.1. The number of pyridine rings is 1. The number of amides is 2. The molecule has 0 radical (unpaired) electrons. The van der Waals surface area contributed by atoms with Gasteiger partial charge >= 0.3 is 0 Å². The smallest absolute Gasteiger partial charge is 0.257 e. The number of H-pyrrole nitrogens is 1. The van der Waals surface area contributed by atoms with Crippen molar-refractivity contribution in [3.05, 3.63) is 81.9 Å². The van der Waals surface area contributed by atoms with E-state index in [1.54, 1.807) is 36.4 Å². The molecule has 3 aromatic rings. The molecule has 7 heteroatoms. The summed E-state index contributed by atoms with van der Waals surface area (Å²) in [4.78, 5) is 39.3. The second-order valence-electron chi connectivity index (χ2n) is 5.99. The third-order valence-electron chi connectivity index (χ3n) is 4.09. The molecule has 138 valence electrons. The second kappa shape index (κ2) is 8.27. The van der Waals surface area contributed by atoms with Crippen molar-refractivity contribution in [1.29, 1.82) is 0 Å². The van der Waals surface area contributed by atoms with Crippen molar-refractivity contribution in [3.63, 3.8) is 0 Å². The zero-order valence-electron chi connectivity index (χ0n) is 14.4. The van der Waals surface area contributed by atoms with Crippen LogP contribution in [0.3, 0.4) is 0 Å². The number of nitrogens with one attached hydrogen (secondary N) is 3. The van der Waals surface area contributed by atoms with Crippen molar-refractivity contribution in [2.45, 2.75) is 6.42 Å². The topological polar surface area (TPSA) is 91.1 Å². The highest BCUT2D eigenvalue weighted by molar-refractivity contribution is 5.98. The summed E-state index contributed by atoms with van der Waals surface area (Å²) in [5, 5.41) is 5.51. The minimum absolute atomic E-state index is 0.0483. The van der Waals surface area contributed by atoms with Crippen LogP contribution in [0.2, 0.25) is 0 Å². The summed E-state index contributed by atoms with van der Waals surface area (Å²) < 4.78 is 12.8. The number of aromatic nitrogens is 1. The minimum atomic E-state index is -0.615. The second-order valence-corrected chi connectivity index (χ2v) is 5.99. The lowest BCUT2D eigenvalue weighted by atomic mass is 10.1. The maximum absolute atomic E-state index is 12.8. The van der Waals surface area contributed by atoms with Gasteiger partial charge in [-0.1, -0.05) is 24.3 Å². The van der Waals surface area contributed by atoms with Crippen molar-refractivity contribution < 1.29 is 14.0 Å². The Morgan fingerprint density at radius 2 is 1.74 bits per heavy atom. The van der Waals surface area contributed by atoms with E-state index in [2.05, 4.69) is 15.6 Å². The molecular formula is C20H18FN3O3. The van der Waals surface area contributed by atoms with E-state index >= 15 is 0 Å². The maximum atomic E-state index is 12.8. The summed E-state index contributed by atoms with van der Waals surface area (Å²) in [5.74, 6) is -1.30. The number of fused-ring (bicyclic) bond motifs is 1. The first-order valence-electron chi connectivity index (χ1n) is 8.44. The van der Waals surface area contributed by atoms with Gasteiger partial charge in [0.2, 0.25) is 11.3 Å². The molecule has 6 nitrogen and oxygen atoms in total. The van der Waals surface area contributed by atoms with Crippen LogP contribution in [-0.2, 0) is 11.2 Å². The van der Waals surface area contributed by atoms with Gasteiger partial charge in [0.15, 0.2) is 0 Å². The molecule has 0 saturated heterocycles. The monoisotopic (exact) mass is 367 g/mol. The van der Waals surface area contributed by atoms with Gasteiger partial charge in [-0.3, -0.25) is 14.4 Å². The average molecular weight is 367 g/mol. The Kier molecular flexibility index (Phi) is 5.61. The number of para-hydroxylation sites is 1. The number of hydrogen-bond acceptors (Lipinski definition) is 3. The predicted octanol–water partition coefficient (Wildman–Crippen LogP) is 1.76. The predicted molar refractivity (Wildman–Crippen MR) is 100 cm³/mol. The summed E-state index contributed by atoms with van der Waals surface area (Å²) in [6, 6.07) is 12.9. The van der Waals surface area contributed by atoms with E-state index in [0.29, 0.717) is 23.9 Å². The molecule has 3 rings (SSSR count). The maximum Gasteiger partial charge on any atom is 0.257 e. The van der Waals surface area contributed by atoms with E-state index in [1.807, 2.05) is 0 Å². The van der Waals surface area contributed by atoms with Gasteiger partial charge in [0.05, 0.1) is 6.54 Å². The molecule has 3 N–H and O–H groups in total. The molecule has 0 aliphatic rings. The third-order valence-corrected chi connectivity index (χ3v) is 4.09. The Labute approximate surface area is 154 Å². The molecule has 0 aliphatic heterocycles. The Balaban J connectivity index is 1.51. The summed E-state index contributed by atoms with van der Waals surface area (Å²) in [7, 11) is 0. The molecule has 2 aromatic carbocycles. The van der Waals surface area contributed by atoms with Gasteiger partial charge in [-0.05, 0) is 36.2 Å². The van der Waals surface area contributed by atoms with Crippen LogP contribution in [0.25, 0.3) is 10.9 Å². The van der Waals surface area contributed by atoms with Crippen LogP contribution in [0, 0.1) is 5.82 Å². The van der Waals surface area contributed by atoms with Crippen LogP contribution in [0.1, 0.15) is 15.9 Å². The largest absolute Gasteiger partial charge is 0.360 e. The molecule has 0 bridgehead atoms. The molecule has 0 unspecified atom stereocenters. The molecule has 27 heavy (non-hydrogen) atoms. The third kappa shape index (κ3) is 4.58. The molecule has 0 aliphatic carbocycles. The first kappa shape index (κ1) is 18.3. The van der Waals surface area contributed by atoms with E-state index in [1.165, 1.54) is 18.3 Å². The Morgan fingerprint density at radius 1 is 1.00 bits per heavy atom. The first-order valence-corrected chi connectivity index (χ1v) is 8.44. The average Bonchev–Trinajstić information content (AvgIpc) is 2.68. The lowest BCUT2D eigenvalue weighted by Gasteiger charge is -2.07. The standard InChI is InChI=1S/C20H18FN3O3/c21-14-7-5-13(6-8-14)9-10-22-18(25)12-24-20(27)16-11-23-17-4-2-1-3-15(17)19(16)26/h1-8,11H,9-10,12H2,(H,22,25)(H,23,26)(H,24,27). The van der Waals surface area contributed by atoms with E-state index in [4.69, 9.17) is 0 Å². The minimum Gasteiger partial charge on any atom is -0.360 e. The summed E-state index contributed by atoms with van der Waals surface area (Å²) in [6.07, 6.45) is 1.89. The van der Waals surface area contributed by atoms with Gasteiger partial charge in [-0.2, -0.15) is 0 Å². The number of carbonyl (C=O) groups is 2. The van der Waals surface area contributed by atoms with Crippen LogP contribution in [0.4, 0.5) is 4.39 Å². The van der Waals surface area contributed by atoms with Crippen LogP contribution in [0.15, 0.2) is 59.5 Å². The molecule has 0 spiro atoms. The van der Waals surface area contributed by atoms with Gasteiger partial charge in [-0.25, -0.2) is 4.39 Å². The molecule has 1 heterocycles. The Morgan fingerprint density at radius 3 is 2.52 bits per heavy atom. The van der Waals surface area contributed by atoms with Crippen molar-refractivity contribution in [1.82, 2.24) is 15.6 Å². The lowest BCUT2D eigenvalue weighted by molar-refractivity contribution is -0.120. The Hall–Kier alpha value is -3.48. The van der Waals surface area contributed by atoms with Crippen molar-refractivity contribution in [3.8, 4) is 0 Å². The van der Waals surface area contributed by atoms with Crippen LogP contribution in [0.5, 0.6) is 0 Å². The molecule has 2 amide bonds. The van der Waals surface area contributed by atoms with Gasteiger partial charge in [-0.15, -0.1) is 0 Å². The highest BCUT2D eigenvalue weighted by Crippen LogP contribution is 2.07. The van der Waals surface area contributed by atoms with Crippen molar-refractivity contribution in [2.24, 2.45) is 0 Å². The van der Waals surface area contributed by atoms with E-state index in [-0.39, 0.29) is 23.8 Å². The molecule has 0 fully saturated rings. The first-order chi connectivity index (χ1) is 13.0. The van der Waals surface area contributed by atoms with Crippen molar-refractivity contribution >= 4 is 22.7 Å². The normalized spacial score (nSPS) is 10.6. The highest BCUT2D eigenvalue weighted by Gasteiger charge is 2.13. The summed E-state index contributed by atoms with van der Waals surface area (Å²) >= 11 is 0. The van der Waals surface area contributed by atoms with Gasteiger partial charge in [0.1, 0.15) is 11.4 Å². The van der Waals surface area contributed by atoms with Gasteiger partial charge < -0.3 is 15.6 Å². The van der Waals surface area contributed by atoms with Gasteiger partial charge in [0.25, 0.3) is 5.91 Å². The summed E-state index contributed by atoms with van der Waals surface area (Å²) in [6.45, 7) is 0.116. The van der Waals surface area contributed by atoms with Crippen LogP contribution < -0.4 is 16.1 Å². The fourth-order valence-electron chi connectivity index (χ4n) is 2.65. The lowest BCUT2D eigenvalue weighted by Crippen LogP contribution is -2.39. The summed E-state index contributed by atoms with van der Waals surface area (Å²) in [5.41, 5.74) is 1.09.